The highest BCUT2D eigenvalue weighted by atomic mass is 16.5. The molecule has 2 atom stereocenters. The van der Waals surface area contributed by atoms with Gasteiger partial charge in [0.05, 0.1) is 24.7 Å². The van der Waals surface area contributed by atoms with Crippen molar-refractivity contribution in [2.45, 2.75) is 56.3 Å². The summed E-state index contributed by atoms with van der Waals surface area (Å²) >= 11 is 0. The molecule has 174 valence electrons. The van der Waals surface area contributed by atoms with Crippen LogP contribution in [0.15, 0.2) is 48.5 Å². The van der Waals surface area contributed by atoms with Crippen molar-refractivity contribution in [3.8, 4) is 5.75 Å². The maximum absolute atomic E-state index is 12.8. The van der Waals surface area contributed by atoms with E-state index in [1.807, 2.05) is 36.4 Å². The Morgan fingerprint density at radius 1 is 1.12 bits per heavy atom. The Hall–Kier alpha value is -2.70. The van der Waals surface area contributed by atoms with E-state index in [1.165, 1.54) is 5.56 Å². The molecule has 0 saturated carbocycles. The molecule has 2 fully saturated rings. The first-order chi connectivity index (χ1) is 16.1. The van der Waals surface area contributed by atoms with Gasteiger partial charge in [-0.1, -0.05) is 42.5 Å². The number of fused-ring (bicyclic) bond motifs is 1. The molecule has 33 heavy (non-hydrogen) atoms. The number of carbonyl (C=O) groups is 2. The molecular formula is C27H32N2O4. The van der Waals surface area contributed by atoms with Crippen LogP contribution in [0.2, 0.25) is 0 Å². The van der Waals surface area contributed by atoms with Gasteiger partial charge in [-0.15, -0.1) is 0 Å². The molecule has 6 nitrogen and oxygen atoms in total. The van der Waals surface area contributed by atoms with Crippen LogP contribution in [0.3, 0.4) is 0 Å². The number of ether oxygens (including phenoxy) is 2. The summed E-state index contributed by atoms with van der Waals surface area (Å²) in [6.45, 7) is 3.40. The average molecular weight is 449 g/mol. The van der Waals surface area contributed by atoms with Gasteiger partial charge < -0.3 is 14.8 Å². The number of piperidine rings is 1. The highest BCUT2D eigenvalue weighted by Crippen LogP contribution is 2.39. The van der Waals surface area contributed by atoms with E-state index in [2.05, 4.69) is 22.3 Å². The van der Waals surface area contributed by atoms with Gasteiger partial charge in [0.25, 0.3) is 0 Å². The Balaban J connectivity index is 1.11. The van der Waals surface area contributed by atoms with E-state index in [1.54, 1.807) is 7.11 Å². The SMILES string of the molecule is COc1ccccc1CN1CCC2(CCC(CNC(=O)C3CC(=O)c4ccccc43)O2)CC1. The van der Waals surface area contributed by atoms with Gasteiger partial charge in [-0.2, -0.15) is 0 Å². The van der Waals surface area contributed by atoms with Crippen LogP contribution in [0.1, 0.15) is 59.5 Å². The predicted octanol–water partition coefficient (Wildman–Crippen LogP) is 3.70. The topological polar surface area (TPSA) is 67.9 Å². The summed E-state index contributed by atoms with van der Waals surface area (Å²) in [7, 11) is 1.72. The van der Waals surface area contributed by atoms with Crippen LogP contribution in [0.4, 0.5) is 0 Å². The third-order valence-electron chi connectivity index (χ3n) is 7.54. The minimum absolute atomic E-state index is 0.0436. The Kier molecular flexibility index (Phi) is 6.21. The van der Waals surface area contributed by atoms with Crippen LogP contribution in [-0.4, -0.2) is 55.0 Å². The third kappa shape index (κ3) is 4.55. The number of nitrogens with one attached hydrogen (secondary N) is 1. The molecule has 1 aliphatic carbocycles. The summed E-state index contributed by atoms with van der Waals surface area (Å²) in [4.78, 5) is 27.5. The lowest BCUT2D eigenvalue weighted by molar-refractivity contribution is -0.124. The monoisotopic (exact) mass is 448 g/mol. The molecular weight excluding hydrogens is 416 g/mol. The lowest BCUT2D eigenvalue weighted by Gasteiger charge is -2.39. The summed E-state index contributed by atoms with van der Waals surface area (Å²) in [5, 5.41) is 3.06. The molecule has 0 bridgehead atoms. The van der Waals surface area contributed by atoms with Gasteiger partial charge in [-0.05, 0) is 37.3 Å². The first-order valence-corrected chi connectivity index (χ1v) is 12.0. The minimum Gasteiger partial charge on any atom is -0.496 e. The van der Waals surface area contributed by atoms with Crippen LogP contribution in [-0.2, 0) is 16.1 Å². The van der Waals surface area contributed by atoms with E-state index in [-0.39, 0.29) is 35.7 Å². The maximum Gasteiger partial charge on any atom is 0.228 e. The molecule has 6 heteroatoms. The summed E-state index contributed by atoms with van der Waals surface area (Å²) < 4.78 is 12.0. The number of amides is 1. The van der Waals surface area contributed by atoms with Crippen molar-refractivity contribution in [1.82, 2.24) is 10.2 Å². The van der Waals surface area contributed by atoms with E-state index in [0.29, 0.717) is 12.1 Å². The molecule has 2 aromatic carbocycles. The molecule has 0 radical (unpaired) electrons. The summed E-state index contributed by atoms with van der Waals surface area (Å²) in [5.41, 5.74) is 2.69. The number of carbonyl (C=O) groups excluding carboxylic acids is 2. The van der Waals surface area contributed by atoms with Gasteiger partial charge in [-0.3, -0.25) is 14.5 Å². The van der Waals surface area contributed by atoms with Crippen LogP contribution in [0.5, 0.6) is 5.75 Å². The fraction of sp³-hybridized carbons (Fsp3) is 0.481. The molecule has 3 aliphatic rings. The Morgan fingerprint density at radius 2 is 1.88 bits per heavy atom. The average Bonchev–Trinajstić information content (AvgIpc) is 3.41. The van der Waals surface area contributed by atoms with Crippen molar-refractivity contribution in [1.29, 1.82) is 0 Å². The Morgan fingerprint density at radius 3 is 2.70 bits per heavy atom. The molecule has 2 unspecified atom stereocenters. The maximum atomic E-state index is 12.8. The fourth-order valence-electron chi connectivity index (χ4n) is 5.63. The molecule has 1 spiro atoms. The molecule has 2 aliphatic heterocycles. The van der Waals surface area contributed by atoms with Crippen LogP contribution in [0.25, 0.3) is 0 Å². The highest BCUT2D eigenvalue weighted by Gasteiger charge is 2.43. The molecule has 5 rings (SSSR count). The van der Waals surface area contributed by atoms with Crippen molar-refractivity contribution in [2.24, 2.45) is 0 Å². The smallest absolute Gasteiger partial charge is 0.228 e. The van der Waals surface area contributed by atoms with Crippen molar-refractivity contribution in [3.63, 3.8) is 0 Å². The number of benzene rings is 2. The first kappa shape index (κ1) is 22.1. The van der Waals surface area contributed by atoms with Gasteiger partial charge in [-0.25, -0.2) is 0 Å². The molecule has 2 heterocycles. The zero-order valence-corrected chi connectivity index (χ0v) is 19.2. The van der Waals surface area contributed by atoms with Gasteiger partial charge in [0.15, 0.2) is 5.78 Å². The molecule has 1 N–H and O–H groups in total. The van der Waals surface area contributed by atoms with Crippen molar-refractivity contribution in [2.75, 3.05) is 26.7 Å². The van der Waals surface area contributed by atoms with Gasteiger partial charge in [0, 0.05) is 43.7 Å². The van der Waals surface area contributed by atoms with Crippen molar-refractivity contribution >= 4 is 11.7 Å². The number of Topliss-reactive ketones (excluding diaryl/α,β-unsaturated/α-hetero) is 1. The number of hydrogen-bond acceptors (Lipinski definition) is 5. The summed E-state index contributed by atoms with van der Waals surface area (Å²) in [6.07, 6.45) is 4.34. The first-order valence-electron chi connectivity index (χ1n) is 12.0. The standard InChI is InChI=1S/C27H32N2O4/c1-32-25-9-5-2-6-19(25)18-29-14-12-27(13-15-29)11-10-20(33-27)17-28-26(31)23-16-24(30)22-8-4-3-7-21(22)23/h2-9,20,23H,10-18H2,1H3,(H,28,31). The molecule has 2 aromatic rings. The van der Waals surface area contributed by atoms with Crippen LogP contribution >= 0.6 is 0 Å². The largest absolute Gasteiger partial charge is 0.496 e. The number of methoxy groups -OCH3 is 1. The number of nitrogens with zero attached hydrogens (tertiary/aromatic N) is 1. The van der Waals surface area contributed by atoms with Gasteiger partial charge >= 0.3 is 0 Å². The number of rotatable bonds is 6. The second kappa shape index (κ2) is 9.27. The van der Waals surface area contributed by atoms with Crippen LogP contribution in [0, 0.1) is 0 Å². The summed E-state index contributed by atoms with van der Waals surface area (Å²) in [6, 6.07) is 15.7. The lowest BCUT2D eigenvalue weighted by Crippen LogP contribution is -2.45. The van der Waals surface area contributed by atoms with E-state index in [0.717, 1.165) is 56.6 Å². The number of hydrogen-bond donors (Lipinski definition) is 1. The zero-order valence-electron chi connectivity index (χ0n) is 19.2. The molecule has 1 amide bonds. The second-order valence-electron chi connectivity index (χ2n) is 9.56. The Labute approximate surface area is 195 Å². The number of ketones is 1. The fourth-order valence-corrected chi connectivity index (χ4v) is 5.63. The van der Waals surface area contributed by atoms with Crippen molar-refractivity contribution < 1.29 is 19.1 Å². The highest BCUT2D eigenvalue weighted by molar-refractivity contribution is 6.06. The lowest BCUT2D eigenvalue weighted by atomic mass is 9.88. The molecule has 2 saturated heterocycles. The third-order valence-corrected chi connectivity index (χ3v) is 7.54. The zero-order chi connectivity index (χ0) is 22.8. The van der Waals surface area contributed by atoms with E-state index < -0.39 is 0 Å². The summed E-state index contributed by atoms with van der Waals surface area (Å²) in [5.74, 6) is 0.561. The van der Waals surface area contributed by atoms with Crippen molar-refractivity contribution in [3.05, 3.63) is 65.2 Å². The minimum atomic E-state index is -0.373. The van der Waals surface area contributed by atoms with E-state index in [4.69, 9.17) is 9.47 Å². The van der Waals surface area contributed by atoms with E-state index in [9.17, 15) is 9.59 Å². The molecule has 0 aromatic heterocycles. The number of likely N-dealkylation sites (tertiary alicyclic amines) is 1. The number of para-hydroxylation sites is 1. The second-order valence-corrected chi connectivity index (χ2v) is 9.56. The Bertz CT molecular complexity index is 1030. The van der Waals surface area contributed by atoms with E-state index >= 15 is 0 Å². The van der Waals surface area contributed by atoms with Crippen LogP contribution < -0.4 is 10.1 Å². The quantitative estimate of drug-likeness (QED) is 0.730. The van der Waals surface area contributed by atoms with Gasteiger partial charge in [0.1, 0.15) is 5.75 Å². The normalized spacial score (nSPS) is 24.1. The predicted molar refractivity (Wildman–Crippen MR) is 125 cm³/mol. The van der Waals surface area contributed by atoms with Gasteiger partial charge in [0.2, 0.25) is 5.91 Å².